The van der Waals surface area contributed by atoms with Crippen LogP contribution in [-0.2, 0) is 22.4 Å². The van der Waals surface area contributed by atoms with Gasteiger partial charge in [-0.3, -0.25) is 4.79 Å². The average Bonchev–Trinajstić information content (AvgIpc) is 2.49. The maximum atomic E-state index is 13.6. The monoisotopic (exact) mass is 288 g/mol. The minimum atomic E-state index is -0.701. The van der Waals surface area contributed by atoms with E-state index in [1.54, 1.807) is 0 Å². The molecule has 0 aromatic heterocycles. The quantitative estimate of drug-likeness (QED) is 0.865. The standard InChI is InChI=1S/C17H14F2O2/c18-13-6-5-12(15(19)10-13)9-16(20)17-14-4-2-1-3-11(14)7-8-21-17/h1-6,10,17H,7-9H2. The lowest BCUT2D eigenvalue weighted by Gasteiger charge is -2.25. The van der Waals surface area contributed by atoms with E-state index in [2.05, 4.69) is 0 Å². The Morgan fingerprint density at radius 1 is 1.19 bits per heavy atom. The molecular formula is C17H14F2O2. The third kappa shape index (κ3) is 2.85. The summed E-state index contributed by atoms with van der Waals surface area (Å²) < 4.78 is 32.1. The van der Waals surface area contributed by atoms with Gasteiger partial charge in [-0.1, -0.05) is 30.3 Å². The fourth-order valence-electron chi connectivity index (χ4n) is 2.61. The zero-order valence-electron chi connectivity index (χ0n) is 11.3. The number of rotatable bonds is 3. The topological polar surface area (TPSA) is 26.3 Å². The molecule has 1 heterocycles. The maximum absolute atomic E-state index is 13.6. The van der Waals surface area contributed by atoms with E-state index in [9.17, 15) is 13.6 Å². The van der Waals surface area contributed by atoms with Gasteiger partial charge in [-0.25, -0.2) is 8.78 Å². The summed E-state index contributed by atoms with van der Waals surface area (Å²) in [6, 6.07) is 10.9. The highest BCUT2D eigenvalue weighted by molar-refractivity contribution is 5.87. The van der Waals surface area contributed by atoms with Crippen LogP contribution >= 0.6 is 0 Å². The van der Waals surface area contributed by atoms with Crippen LogP contribution in [0.2, 0.25) is 0 Å². The first kappa shape index (κ1) is 13.9. The van der Waals surface area contributed by atoms with Crippen molar-refractivity contribution < 1.29 is 18.3 Å². The van der Waals surface area contributed by atoms with E-state index in [1.807, 2.05) is 24.3 Å². The first-order valence-corrected chi connectivity index (χ1v) is 6.81. The summed E-state index contributed by atoms with van der Waals surface area (Å²) >= 11 is 0. The molecule has 0 spiro atoms. The summed E-state index contributed by atoms with van der Waals surface area (Å²) in [5, 5.41) is 0. The molecule has 0 radical (unpaired) electrons. The van der Waals surface area contributed by atoms with Gasteiger partial charge in [0.2, 0.25) is 0 Å². The van der Waals surface area contributed by atoms with Gasteiger partial charge < -0.3 is 4.74 Å². The first-order valence-electron chi connectivity index (χ1n) is 6.81. The average molecular weight is 288 g/mol. The third-order valence-corrected chi connectivity index (χ3v) is 3.67. The predicted molar refractivity (Wildman–Crippen MR) is 73.9 cm³/mol. The second kappa shape index (κ2) is 5.74. The molecule has 108 valence electrons. The number of carbonyl (C=O) groups is 1. The number of Topliss-reactive ketones (excluding diaryl/α,β-unsaturated/α-hetero) is 1. The van der Waals surface area contributed by atoms with E-state index in [0.717, 1.165) is 29.7 Å². The first-order chi connectivity index (χ1) is 10.1. The zero-order valence-corrected chi connectivity index (χ0v) is 11.3. The normalized spacial score (nSPS) is 17.3. The molecule has 1 aliphatic rings. The summed E-state index contributed by atoms with van der Waals surface area (Å²) in [4.78, 5) is 12.4. The van der Waals surface area contributed by atoms with Crippen LogP contribution in [0.4, 0.5) is 8.78 Å². The van der Waals surface area contributed by atoms with E-state index >= 15 is 0 Å². The van der Waals surface area contributed by atoms with E-state index in [1.165, 1.54) is 6.07 Å². The van der Waals surface area contributed by atoms with Crippen molar-refractivity contribution in [3.8, 4) is 0 Å². The van der Waals surface area contributed by atoms with Crippen LogP contribution < -0.4 is 0 Å². The van der Waals surface area contributed by atoms with Crippen LogP contribution in [0.3, 0.4) is 0 Å². The smallest absolute Gasteiger partial charge is 0.170 e. The largest absolute Gasteiger partial charge is 0.365 e. The number of fused-ring (bicyclic) bond motifs is 1. The molecule has 21 heavy (non-hydrogen) atoms. The summed E-state index contributed by atoms with van der Waals surface area (Å²) in [5.74, 6) is -1.57. The third-order valence-electron chi connectivity index (χ3n) is 3.67. The molecule has 3 rings (SSSR count). The van der Waals surface area contributed by atoms with Gasteiger partial charge >= 0.3 is 0 Å². The number of ether oxygens (including phenoxy) is 1. The molecule has 1 atom stereocenters. The number of benzene rings is 2. The highest BCUT2D eigenvalue weighted by Gasteiger charge is 2.27. The van der Waals surface area contributed by atoms with E-state index in [4.69, 9.17) is 4.74 Å². The maximum Gasteiger partial charge on any atom is 0.170 e. The molecule has 2 nitrogen and oxygen atoms in total. The van der Waals surface area contributed by atoms with Crippen LogP contribution in [0.5, 0.6) is 0 Å². The fourth-order valence-corrected chi connectivity index (χ4v) is 2.61. The summed E-state index contributed by atoms with van der Waals surface area (Å²) in [6.45, 7) is 0.472. The summed E-state index contributed by atoms with van der Waals surface area (Å²) in [7, 11) is 0. The van der Waals surface area contributed by atoms with E-state index in [-0.39, 0.29) is 17.8 Å². The van der Waals surface area contributed by atoms with Crippen molar-refractivity contribution in [2.24, 2.45) is 0 Å². The van der Waals surface area contributed by atoms with E-state index < -0.39 is 17.7 Å². The summed E-state index contributed by atoms with van der Waals surface area (Å²) in [5.41, 5.74) is 2.12. The fraction of sp³-hybridized carbons (Fsp3) is 0.235. The Balaban J connectivity index is 1.83. The Kier molecular flexibility index (Phi) is 3.80. The molecule has 2 aromatic carbocycles. The van der Waals surface area contributed by atoms with E-state index in [0.29, 0.717) is 6.61 Å². The van der Waals surface area contributed by atoms with Gasteiger partial charge in [0, 0.05) is 12.5 Å². The Bertz CT molecular complexity index is 682. The van der Waals surface area contributed by atoms with Crippen molar-refractivity contribution in [3.63, 3.8) is 0 Å². The van der Waals surface area contributed by atoms with Gasteiger partial charge in [-0.2, -0.15) is 0 Å². The predicted octanol–water partition coefficient (Wildman–Crippen LogP) is 3.39. The number of hydrogen-bond donors (Lipinski definition) is 0. The molecular weight excluding hydrogens is 274 g/mol. The highest BCUT2D eigenvalue weighted by atomic mass is 19.1. The second-order valence-electron chi connectivity index (χ2n) is 5.08. The Morgan fingerprint density at radius 2 is 2.00 bits per heavy atom. The SMILES string of the molecule is O=C(Cc1ccc(F)cc1F)C1OCCc2ccccc21. The lowest BCUT2D eigenvalue weighted by molar-refractivity contribution is -0.131. The molecule has 0 saturated carbocycles. The van der Waals surface area contributed by atoms with Crippen molar-refractivity contribution in [3.05, 3.63) is 70.8 Å². The number of carbonyl (C=O) groups excluding carboxylic acids is 1. The molecule has 4 heteroatoms. The van der Waals surface area contributed by atoms with Crippen molar-refractivity contribution >= 4 is 5.78 Å². The van der Waals surface area contributed by atoms with Crippen molar-refractivity contribution in [1.29, 1.82) is 0 Å². The van der Waals surface area contributed by atoms with Gasteiger partial charge in [0.05, 0.1) is 6.61 Å². The minimum absolute atomic E-state index is 0.106. The van der Waals surface area contributed by atoms with Gasteiger partial charge in [-0.05, 0) is 29.2 Å². The van der Waals surface area contributed by atoms with Crippen LogP contribution in [0.1, 0.15) is 22.8 Å². The van der Waals surface area contributed by atoms with Gasteiger partial charge in [0.1, 0.15) is 17.7 Å². The van der Waals surface area contributed by atoms with Crippen LogP contribution in [-0.4, -0.2) is 12.4 Å². The molecule has 0 bridgehead atoms. The molecule has 2 aromatic rings. The van der Waals surface area contributed by atoms with Crippen LogP contribution in [0.25, 0.3) is 0 Å². The lowest BCUT2D eigenvalue weighted by atomic mass is 9.93. The lowest BCUT2D eigenvalue weighted by Crippen LogP contribution is -2.25. The van der Waals surface area contributed by atoms with Crippen molar-refractivity contribution in [1.82, 2.24) is 0 Å². The molecule has 0 saturated heterocycles. The van der Waals surface area contributed by atoms with Gasteiger partial charge in [0.15, 0.2) is 5.78 Å². The van der Waals surface area contributed by atoms with Crippen LogP contribution in [0.15, 0.2) is 42.5 Å². The Hall–Kier alpha value is -2.07. The van der Waals surface area contributed by atoms with Crippen molar-refractivity contribution in [2.45, 2.75) is 18.9 Å². The molecule has 1 unspecified atom stereocenters. The molecule has 1 aliphatic heterocycles. The number of ketones is 1. The van der Waals surface area contributed by atoms with Gasteiger partial charge in [-0.15, -0.1) is 0 Å². The molecule has 0 amide bonds. The minimum Gasteiger partial charge on any atom is -0.365 e. The highest BCUT2D eigenvalue weighted by Crippen LogP contribution is 2.28. The molecule has 0 N–H and O–H groups in total. The van der Waals surface area contributed by atoms with Crippen LogP contribution in [0, 0.1) is 11.6 Å². The number of hydrogen-bond acceptors (Lipinski definition) is 2. The molecule has 0 fully saturated rings. The number of halogens is 2. The zero-order chi connectivity index (χ0) is 14.8. The van der Waals surface area contributed by atoms with Gasteiger partial charge in [0.25, 0.3) is 0 Å². The van der Waals surface area contributed by atoms with Crippen molar-refractivity contribution in [2.75, 3.05) is 6.61 Å². The Morgan fingerprint density at radius 3 is 2.81 bits per heavy atom. The summed E-state index contributed by atoms with van der Waals surface area (Å²) in [6.07, 6.45) is -0.00454. The Labute approximate surface area is 121 Å². The second-order valence-corrected chi connectivity index (χ2v) is 5.08. The molecule has 0 aliphatic carbocycles.